The number of urea groups is 1. The summed E-state index contributed by atoms with van der Waals surface area (Å²) in [4.78, 5) is 28.3. The minimum absolute atomic E-state index is 0.240. The number of benzene rings is 3. The summed E-state index contributed by atoms with van der Waals surface area (Å²) in [5.74, 6) is -0.329. The number of imide groups is 1. The van der Waals surface area contributed by atoms with Gasteiger partial charge in [-0.2, -0.15) is 0 Å². The molecule has 0 unspecified atom stereocenters. The van der Waals surface area contributed by atoms with E-state index in [0.29, 0.717) is 5.02 Å². The van der Waals surface area contributed by atoms with Crippen LogP contribution in [0.4, 0.5) is 4.79 Å². The average Bonchev–Trinajstić information content (AvgIpc) is 2.99. The first kappa shape index (κ1) is 19.3. The number of rotatable bonds is 5. The summed E-state index contributed by atoms with van der Waals surface area (Å²) in [5, 5.41) is 3.38. The molecule has 0 atom stereocenters. The van der Waals surface area contributed by atoms with E-state index in [1.54, 1.807) is 17.8 Å². The summed E-state index contributed by atoms with van der Waals surface area (Å²) in [7, 11) is 0. The molecule has 6 heteroatoms. The van der Waals surface area contributed by atoms with Crippen LogP contribution in [0.3, 0.4) is 0 Å². The van der Waals surface area contributed by atoms with E-state index in [1.807, 2.05) is 78.9 Å². The number of carbonyl (C=O) groups excluding carboxylic acids is 2. The molecule has 0 bridgehead atoms. The van der Waals surface area contributed by atoms with Crippen molar-refractivity contribution in [1.82, 2.24) is 10.2 Å². The summed E-state index contributed by atoms with van der Waals surface area (Å²) >= 11 is 7.53. The normalized spacial score (nSPS) is 15.1. The van der Waals surface area contributed by atoms with Gasteiger partial charge in [-0.15, -0.1) is 0 Å². The van der Waals surface area contributed by atoms with Gasteiger partial charge in [0.2, 0.25) is 0 Å². The lowest BCUT2D eigenvalue weighted by atomic mass is 10.2. The average molecular weight is 421 g/mol. The fourth-order valence-electron chi connectivity index (χ4n) is 2.96. The lowest BCUT2D eigenvalue weighted by Crippen LogP contribution is -2.30. The molecule has 1 saturated heterocycles. The molecule has 29 heavy (non-hydrogen) atoms. The molecular formula is C23H17ClN2O2S. The molecule has 1 fully saturated rings. The highest BCUT2D eigenvalue weighted by Gasteiger charge is 2.33. The molecule has 0 aromatic heterocycles. The lowest BCUT2D eigenvalue weighted by molar-refractivity contribution is -0.123. The Kier molecular flexibility index (Phi) is 5.69. The van der Waals surface area contributed by atoms with Crippen molar-refractivity contribution in [3.05, 3.63) is 101 Å². The van der Waals surface area contributed by atoms with E-state index in [9.17, 15) is 9.59 Å². The van der Waals surface area contributed by atoms with Gasteiger partial charge in [-0.05, 0) is 47.5 Å². The third kappa shape index (κ3) is 4.53. The highest BCUT2D eigenvalue weighted by molar-refractivity contribution is 7.99. The van der Waals surface area contributed by atoms with E-state index >= 15 is 0 Å². The van der Waals surface area contributed by atoms with Crippen molar-refractivity contribution in [2.75, 3.05) is 0 Å². The second-order valence-corrected chi connectivity index (χ2v) is 8.01. The zero-order valence-corrected chi connectivity index (χ0v) is 16.9. The van der Waals surface area contributed by atoms with E-state index in [0.717, 1.165) is 20.9 Å². The molecule has 4 rings (SSSR count). The molecule has 3 aromatic rings. The maximum atomic E-state index is 12.8. The highest BCUT2D eigenvalue weighted by Crippen LogP contribution is 2.32. The molecule has 3 aromatic carbocycles. The molecule has 1 N–H and O–H groups in total. The summed E-state index contributed by atoms with van der Waals surface area (Å²) in [6, 6.07) is 24.4. The second kappa shape index (κ2) is 8.55. The Bertz CT molecular complexity index is 1080. The fraction of sp³-hybridized carbons (Fsp3) is 0.0435. The smallest absolute Gasteiger partial charge is 0.303 e. The highest BCUT2D eigenvalue weighted by atomic mass is 35.5. The van der Waals surface area contributed by atoms with Gasteiger partial charge in [0.1, 0.15) is 5.70 Å². The molecule has 1 aliphatic rings. The third-order valence-corrected chi connectivity index (χ3v) is 5.76. The summed E-state index contributed by atoms with van der Waals surface area (Å²) < 4.78 is 0. The zero-order chi connectivity index (χ0) is 20.2. The largest absolute Gasteiger partial charge is 0.329 e. The Hall–Kier alpha value is -3.02. The van der Waals surface area contributed by atoms with Crippen LogP contribution in [-0.2, 0) is 11.3 Å². The van der Waals surface area contributed by atoms with Crippen molar-refractivity contribution >= 4 is 41.4 Å². The quantitative estimate of drug-likeness (QED) is 0.432. The van der Waals surface area contributed by atoms with E-state index in [2.05, 4.69) is 5.32 Å². The molecule has 3 amide bonds. The van der Waals surface area contributed by atoms with E-state index in [1.165, 1.54) is 4.90 Å². The number of hydrogen-bond acceptors (Lipinski definition) is 3. The Labute approximate surface area is 178 Å². The number of carbonyl (C=O) groups is 2. The van der Waals surface area contributed by atoms with Gasteiger partial charge in [-0.3, -0.25) is 9.69 Å². The minimum atomic E-state index is -0.409. The number of nitrogens with one attached hydrogen (secondary N) is 1. The minimum Gasteiger partial charge on any atom is -0.303 e. The van der Waals surface area contributed by atoms with Crippen molar-refractivity contribution in [1.29, 1.82) is 0 Å². The van der Waals surface area contributed by atoms with Crippen LogP contribution in [-0.4, -0.2) is 16.8 Å². The van der Waals surface area contributed by atoms with Crippen molar-refractivity contribution < 1.29 is 9.59 Å². The first-order chi connectivity index (χ1) is 14.1. The lowest BCUT2D eigenvalue weighted by Gasteiger charge is -2.11. The van der Waals surface area contributed by atoms with Crippen molar-refractivity contribution in [2.45, 2.75) is 16.3 Å². The number of nitrogens with zero attached hydrogens (tertiary/aromatic N) is 1. The predicted octanol–water partition coefficient (Wildman–Crippen LogP) is 5.58. The van der Waals surface area contributed by atoms with Crippen LogP contribution >= 0.6 is 23.4 Å². The van der Waals surface area contributed by atoms with Gasteiger partial charge in [0, 0.05) is 14.8 Å². The SMILES string of the molecule is O=C1N/C(=C\c2ccccc2Sc2ccc(Cl)cc2)C(=O)N1Cc1ccccc1. The van der Waals surface area contributed by atoms with E-state index in [4.69, 9.17) is 11.6 Å². The predicted molar refractivity (Wildman–Crippen MR) is 116 cm³/mol. The molecule has 1 aliphatic heterocycles. The monoisotopic (exact) mass is 420 g/mol. The van der Waals surface area contributed by atoms with Gasteiger partial charge in [-0.1, -0.05) is 71.9 Å². The molecule has 0 saturated carbocycles. The molecule has 144 valence electrons. The molecule has 0 radical (unpaired) electrons. The molecule has 0 aliphatic carbocycles. The van der Waals surface area contributed by atoms with Gasteiger partial charge in [-0.25, -0.2) is 4.79 Å². The second-order valence-electron chi connectivity index (χ2n) is 6.46. The van der Waals surface area contributed by atoms with Crippen LogP contribution in [0, 0.1) is 0 Å². The topological polar surface area (TPSA) is 49.4 Å². The first-order valence-corrected chi connectivity index (χ1v) is 10.2. The maximum Gasteiger partial charge on any atom is 0.329 e. The summed E-state index contributed by atoms with van der Waals surface area (Å²) in [5.41, 5.74) is 2.03. The van der Waals surface area contributed by atoms with Gasteiger partial charge in [0.25, 0.3) is 5.91 Å². The fourth-order valence-corrected chi connectivity index (χ4v) is 4.00. The van der Waals surface area contributed by atoms with Gasteiger partial charge in [0.05, 0.1) is 6.54 Å². The van der Waals surface area contributed by atoms with Crippen molar-refractivity contribution in [3.63, 3.8) is 0 Å². The number of halogens is 1. The Balaban J connectivity index is 1.57. The number of amides is 3. The third-order valence-electron chi connectivity index (χ3n) is 4.41. The van der Waals surface area contributed by atoms with Crippen LogP contribution in [0.1, 0.15) is 11.1 Å². The van der Waals surface area contributed by atoms with Crippen LogP contribution < -0.4 is 5.32 Å². The molecule has 1 heterocycles. The van der Waals surface area contributed by atoms with Crippen LogP contribution in [0.25, 0.3) is 6.08 Å². The molecule has 4 nitrogen and oxygen atoms in total. The Morgan fingerprint density at radius 3 is 2.34 bits per heavy atom. The number of hydrogen-bond donors (Lipinski definition) is 1. The molecular weight excluding hydrogens is 404 g/mol. The summed E-state index contributed by atoms with van der Waals surface area (Å²) in [6.07, 6.45) is 1.73. The van der Waals surface area contributed by atoms with Gasteiger partial charge in [0.15, 0.2) is 0 Å². The van der Waals surface area contributed by atoms with Crippen LogP contribution in [0.2, 0.25) is 5.02 Å². The van der Waals surface area contributed by atoms with E-state index < -0.39 is 6.03 Å². The van der Waals surface area contributed by atoms with Crippen LogP contribution in [0.15, 0.2) is 94.4 Å². The van der Waals surface area contributed by atoms with Gasteiger partial charge >= 0.3 is 6.03 Å². The van der Waals surface area contributed by atoms with Crippen LogP contribution in [0.5, 0.6) is 0 Å². The zero-order valence-electron chi connectivity index (χ0n) is 15.3. The van der Waals surface area contributed by atoms with Gasteiger partial charge < -0.3 is 5.32 Å². The van der Waals surface area contributed by atoms with E-state index in [-0.39, 0.29) is 18.1 Å². The standard InChI is InChI=1S/C23H17ClN2O2S/c24-18-10-12-19(13-11-18)29-21-9-5-4-8-17(21)14-20-22(27)26(23(28)25-20)15-16-6-2-1-3-7-16/h1-14H,15H2,(H,25,28)/b20-14-. The molecule has 0 spiro atoms. The van der Waals surface area contributed by atoms with Crippen molar-refractivity contribution in [2.24, 2.45) is 0 Å². The first-order valence-electron chi connectivity index (χ1n) is 9.01. The summed E-state index contributed by atoms with van der Waals surface area (Å²) in [6.45, 7) is 0.240. The maximum absolute atomic E-state index is 12.8. The van der Waals surface area contributed by atoms with Crippen molar-refractivity contribution in [3.8, 4) is 0 Å². The Morgan fingerprint density at radius 2 is 1.59 bits per heavy atom. The Morgan fingerprint density at radius 1 is 0.897 bits per heavy atom.